The Labute approximate surface area is 115 Å². The summed E-state index contributed by atoms with van der Waals surface area (Å²) < 4.78 is 16.6. The Bertz CT molecular complexity index is 304. The monoisotopic (exact) mass is 298 g/mol. The predicted molar refractivity (Wildman–Crippen MR) is 73.1 cm³/mol. The Morgan fingerprint density at radius 1 is 1.21 bits per heavy atom. The fourth-order valence-corrected chi connectivity index (χ4v) is 2.51. The van der Waals surface area contributed by atoms with E-state index in [4.69, 9.17) is 10.3 Å². The van der Waals surface area contributed by atoms with Gasteiger partial charge in [-0.05, 0) is 19.4 Å². The van der Waals surface area contributed by atoms with Crippen molar-refractivity contribution in [1.29, 1.82) is 0 Å². The van der Waals surface area contributed by atoms with Crippen LogP contribution in [0.2, 0.25) is 0 Å². The van der Waals surface area contributed by atoms with Crippen LogP contribution in [-0.2, 0) is 13.9 Å². The second-order valence-electron chi connectivity index (χ2n) is 5.24. The molecule has 1 unspecified atom stereocenters. The molecule has 116 valence electrons. The minimum Gasteiger partial charge on any atom is -0.870 e. The first-order chi connectivity index (χ1) is 8.19. The highest BCUT2D eigenvalue weighted by atomic mass is 31.2. The molecule has 0 rings (SSSR count). The third kappa shape index (κ3) is 11.2. The van der Waals surface area contributed by atoms with Crippen LogP contribution in [0.4, 0.5) is 0 Å². The number of rotatable bonds is 9. The van der Waals surface area contributed by atoms with E-state index in [-0.39, 0.29) is 22.5 Å². The van der Waals surface area contributed by atoms with E-state index in [0.29, 0.717) is 13.0 Å². The Kier molecular flexibility index (Phi) is 10.6. The molecule has 0 bridgehead atoms. The van der Waals surface area contributed by atoms with Gasteiger partial charge in [0.15, 0.2) is 6.16 Å². The third-order valence-electron chi connectivity index (χ3n) is 2.47. The molecule has 0 aromatic heterocycles. The van der Waals surface area contributed by atoms with Crippen molar-refractivity contribution in [2.45, 2.75) is 25.7 Å². The van der Waals surface area contributed by atoms with Crippen LogP contribution >= 0.6 is 7.60 Å². The normalized spacial score (nSPS) is 14.6. The lowest BCUT2D eigenvalue weighted by atomic mass is 10.2. The van der Waals surface area contributed by atoms with Crippen LogP contribution in [-0.4, -0.2) is 61.2 Å². The van der Waals surface area contributed by atoms with Gasteiger partial charge >= 0.3 is 13.5 Å². The molecule has 4 N–H and O–H groups in total. The maximum absolute atomic E-state index is 11.6. The van der Waals surface area contributed by atoms with E-state index in [1.807, 2.05) is 0 Å². The Hall–Kier alpha value is -0.300. The second kappa shape index (κ2) is 9.58. The number of carbonyl (C=O) groups excluding carboxylic acids is 1. The smallest absolute Gasteiger partial charge is 0.341 e. The van der Waals surface area contributed by atoms with Crippen molar-refractivity contribution in [1.82, 2.24) is 0 Å². The van der Waals surface area contributed by atoms with E-state index in [0.717, 1.165) is 19.3 Å². The standard InChI is InChI=1S/C11H25N2O4P.H2O/c1-13(2,3)11(14)10-18(15,16)17-9-7-5-4-6-8-12;/h4-10,12H2,1-3H3;1H2. The van der Waals surface area contributed by atoms with E-state index >= 15 is 0 Å². The Morgan fingerprint density at radius 2 is 1.74 bits per heavy atom. The zero-order valence-corrected chi connectivity index (χ0v) is 12.9. The summed E-state index contributed by atoms with van der Waals surface area (Å²) in [6, 6.07) is 0. The third-order valence-corrected chi connectivity index (χ3v) is 3.73. The van der Waals surface area contributed by atoms with Crippen molar-refractivity contribution in [3.05, 3.63) is 0 Å². The van der Waals surface area contributed by atoms with Crippen molar-refractivity contribution < 1.29 is 28.7 Å². The molecule has 0 aliphatic carbocycles. The number of amides is 1. The molecule has 0 aliphatic heterocycles. The van der Waals surface area contributed by atoms with Gasteiger partial charge in [-0.25, -0.2) is 4.79 Å². The van der Waals surface area contributed by atoms with Crippen molar-refractivity contribution >= 4 is 13.5 Å². The SMILES string of the molecule is C[N+](C)(C)C(=O)CP(=O)(O)OCCCCCCN.[OH-]. The quantitative estimate of drug-likeness (QED) is 0.368. The number of hydrogen-bond acceptors (Lipinski definition) is 5. The minimum absolute atomic E-state index is 0. The molecule has 19 heavy (non-hydrogen) atoms. The molecule has 0 aromatic carbocycles. The highest BCUT2D eigenvalue weighted by Gasteiger charge is 2.31. The largest absolute Gasteiger partial charge is 0.870 e. The summed E-state index contributed by atoms with van der Waals surface area (Å²) in [5, 5.41) is 0. The van der Waals surface area contributed by atoms with Crippen LogP contribution < -0.4 is 5.73 Å². The summed E-state index contributed by atoms with van der Waals surface area (Å²) in [4.78, 5) is 21.1. The maximum atomic E-state index is 11.6. The highest BCUT2D eigenvalue weighted by molar-refractivity contribution is 7.53. The summed E-state index contributed by atoms with van der Waals surface area (Å²) in [6.07, 6.45) is 3.15. The van der Waals surface area contributed by atoms with Crippen LogP contribution in [0.1, 0.15) is 25.7 Å². The first-order valence-corrected chi connectivity index (χ1v) is 7.96. The average Bonchev–Trinajstić information content (AvgIpc) is 2.21. The molecular formula is C11H27N2O5P. The first kappa shape index (κ1) is 21.0. The van der Waals surface area contributed by atoms with Crippen molar-refractivity contribution in [2.75, 3.05) is 40.5 Å². The van der Waals surface area contributed by atoms with Gasteiger partial charge in [-0.3, -0.25) is 9.05 Å². The zero-order valence-electron chi connectivity index (χ0n) is 12.0. The van der Waals surface area contributed by atoms with Gasteiger partial charge in [-0.15, -0.1) is 0 Å². The van der Waals surface area contributed by atoms with E-state index in [1.54, 1.807) is 21.1 Å². The first-order valence-electron chi connectivity index (χ1n) is 6.20. The summed E-state index contributed by atoms with van der Waals surface area (Å²) >= 11 is 0. The summed E-state index contributed by atoms with van der Waals surface area (Å²) in [5.41, 5.74) is 5.35. The molecule has 1 atom stereocenters. The molecule has 0 saturated heterocycles. The van der Waals surface area contributed by atoms with E-state index in [1.165, 1.54) is 0 Å². The summed E-state index contributed by atoms with van der Waals surface area (Å²) in [5.74, 6) is -0.316. The lowest BCUT2D eigenvalue weighted by Gasteiger charge is -2.21. The summed E-state index contributed by atoms with van der Waals surface area (Å²) in [6.45, 7) is 0.875. The van der Waals surface area contributed by atoms with E-state index in [2.05, 4.69) is 0 Å². The summed E-state index contributed by atoms with van der Waals surface area (Å²) in [7, 11) is 1.20. The zero-order chi connectivity index (χ0) is 14.2. The molecule has 8 heteroatoms. The van der Waals surface area contributed by atoms with E-state index < -0.39 is 13.8 Å². The van der Waals surface area contributed by atoms with Gasteiger partial charge in [-0.2, -0.15) is 0 Å². The van der Waals surface area contributed by atoms with Gasteiger partial charge in [-0.1, -0.05) is 12.8 Å². The lowest BCUT2D eigenvalue weighted by molar-refractivity contribution is -0.791. The molecule has 1 amide bonds. The highest BCUT2D eigenvalue weighted by Crippen LogP contribution is 2.42. The van der Waals surface area contributed by atoms with E-state index in [9.17, 15) is 14.3 Å². The van der Waals surface area contributed by atoms with Crippen molar-refractivity contribution in [3.8, 4) is 0 Å². The fraction of sp³-hybridized carbons (Fsp3) is 0.909. The van der Waals surface area contributed by atoms with Crippen LogP contribution in [0.25, 0.3) is 0 Å². The topological polar surface area (TPSA) is 120 Å². The molecule has 0 saturated carbocycles. The van der Waals surface area contributed by atoms with Gasteiger partial charge < -0.3 is 20.6 Å². The molecule has 0 fully saturated rings. The number of quaternary nitrogens is 1. The lowest BCUT2D eigenvalue weighted by Crippen LogP contribution is -2.43. The molecule has 0 aromatic rings. The van der Waals surface area contributed by atoms with Crippen molar-refractivity contribution in [2.24, 2.45) is 5.73 Å². The minimum atomic E-state index is -3.79. The van der Waals surface area contributed by atoms with Gasteiger partial charge in [0.2, 0.25) is 0 Å². The van der Waals surface area contributed by atoms with Gasteiger partial charge in [0.05, 0.1) is 27.7 Å². The molecule has 7 nitrogen and oxygen atoms in total. The molecule has 0 radical (unpaired) electrons. The van der Waals surface area contributed by atoms with Gasteiger partial charge in [0.1, 0.15) is 0 Å². The number of carbonyl (C=O) groups is 1. The average molecular weight is 298 g/mol. The number of unbranched alkanes of at least 4 members (excludes halogenated alkanes) is 3. The molecule has 0 spiro atoms. The van der Waals surface area contributed by atoms with Crippen LogP contribution in [0, 0.1) is 0 Å². The molecular weight excluding hydrogens is 271 g/mol. The van der Waals surface area contributed by atoms with Crippen LogP contribution in [0.3, 0.4) is 0 Å². The number of nitrogens with two attached hydrogens (primary N) is 1. The maximum Gasteiger partial charge on any atom is 0.341 e. The number of hydrogen-bond donors (Lipinski definition) is 2. The van der Waals surface area contributed by atoms with Crippen molar-refractivity contribution in [3.63, 3.8) is 0 Å². The van der Waals surface area contributed by atoms with Gasteiger partial charge in [0, 0.05) is 0 Å². The predicted octanol–water partition coefficient (Wildman–Crippen LogP) is 0.764. The number of nitrogens with zero attached hydrogens (tertiary/aromatic N) is 1. The molecule has 0 heterocycles. The van der Waals surface area contributed by atoms with Crippen LogP contribution in [0.5, 0.6) is 0 Å². The van der Waals surface area contributed by atoms with Crippen LogP contribution in [0.15, 0.2) is 0 Å². The Balaban J connectivity index is 0. The fourth-order valence-electron chi connectivity index (χ4n) is 1.24. The second-order valence-corrected chi connectivity index (χ2v) is 7.09. The molecule has 0 aliphatic rings. The van der Waals surface area contributed by atoms with Gasteiger partial charge in [0.25, 0.3) is 0 Å². The Morgan fingerprint density at radius 3 is 2.21 bits per heavy atom.